The molecule has 3 rings (SSSR count). The first-order chi connectivity index (χ1) is 10.0. The second-order valence-electron chi connectivity index (χ2n) is 4.85. The lowest BCUT2D eigenvalue weighted by atomic mass is 10.1. The van der Waals surface area contributed by atoms with Crippen molar-refractivity contribution in [2.75, 3.05) is 16.6 Å². The number of nitrogens with two attached hydrogens (primary N) is 1. The quantitative estimate of drug-likeness (QED) is 0.858. The number of hydrogen-bond acceptors (Lipinski definition) is 4. The number of fused-ring (bicyclic) bond motifs is 1. The van der Waals surface area contributed by atoms with E-state index in [-0.39, 0.29) is 4.90 Å². The predicted octanol–water partition coefficient (Wildman–Crippen LogP) is 1.89. The molecule has 0 saturated carbocycles. The first kappa shape index (κ1) is 13.5. The summed E-state index contributed by atoms with van der Waals surface area (Å²) in [5.74, 6) is 0. The molecule has 0 aliphatic carbocycles. The van der Waals surface area contributed by atoms with E-state index in [1.54, 1.807) is 12.1 Å². The van der Waals surface area contributed by atoms with Crippen LogP contribution in [0.5, 0.6) is 0 Å². The summed E-state index contributed by atoms with van der Waals surface area (Å²) >= 11 is 0. The maximum absolute atomic E-state index is 12.7. The first-order valence-electron chi connectivity index (χ1n) is 6.44. The second-order valence-corrected chi connectivity index (χ2v) is 6.71. The third kappa shape index (κ3) is 2.22. The molecule has 5 nitrogen and oxygen atoms in total. The van der Waals surface area contributed by atoms with Crippen LogP contribution in [-0.4, -0.2) is 15.0 Å². The van der Waals surface area contributed by atoms with Gasteiger partial charge < -0.3 is 5.73 Å². The van der Waals surface area contributed by atoms with Gasteiger partial charge in [0, 0.05) is 12.2 Å². The van der Waals surface area contributed by atoms with Gasteiger partial charge in [-0.15, -0.1) is 0 Å². The third-order valence-corrected chi connectivity index (χ3v) is 5.36. The average molecular weight is 299 g/mol. The lowest BCUT2D eigenvalue weighted by Gasteiger charge is -2.19. The van der Waals surface area contributed by atoms with Crippen LogP contribution >= 0.6 is 0 Å². The van der Waals surface area contributed by atoms with Gasteiger partial charge in [0.2, 0.25) is 0 Å². The normalized spacial score (nSPS) is 13.8. The molecule has 2 aromatic rings. The Bertz CT molecular complexity index is 836. The fraction of sp³-hybridized carbons (Fsp3) is 0.133. The number of hydrogen-bond donors (Lipinski definition) is 1. The molecule has 1 aliphatic rings. The van der Waals surface area contributed by atoms with Gasteiger partial charge in [-0.1, -0.05) is 0 Å². The molecular weight excluding hydrogens is 286 g/mol. The van der Waals surface area contributed by atoms with Crippen molar-refractivity contribution < 1.29 is 8.42 Å². The number of nitrogen functional groups attached to an aromatic ring is 1. The second kappa shape index (κ2) is 4.79. The zero-order chi connectivity index (χ0) is 15.0. The van der Waals surface area contributed by atoms with Crippen LogP contribution < -0.4 is 10.0 Å². The molecule has 2 aromatic carbocycles. The van der Waals surface area contributed by atoms with Gasteiger partial charge in [-0.05, 0) is 54.4 Å². The molecule has 0 unspecified atom stereocenters. The van der Waals surface area contributed by atoms with Crippen molar-refractivity contribution in [2.45, 2.75) is 11.3 Å². The van der Waals surface area contributed by atoms with Crippen LogP contribution in [0.25, 0.3) is 0 Å². The van der Waals surface area contributed by atoms with Gasteiger partial charge >= 0.3 is 0 Å². The lowest BCUT2D eigenvalue weighted by Crippen LogP contribution is -2.29. The van der Waals surface area contributed by atoms with E-state index < -0.39 is 10.0 Å². The summed E-state index contributed by atoms with van der Waals surface area (Å²) in [4.78, 5) is 0.186. The highest BCUT2D eigenvalue weighted by molar-refractivity contribution is 7.92. The lowest BCUT2D eigenvalue weighted by molar-refractivity contribution is 0.592. The van der Waals surface area contributed by atoms with Gasteiger partial charge in [-0.2, -0.15) is 5.26 Å². The monoisotopic (exact) mass is 299 g/mol. The Kier molecular flexibility index (Phi) is 3.07. The van der Waals surface area contributed by atoms with E-state index in [1.165, 1.54) is 28.6 Å². The van der Waals surface area contributed by atoms with Crippen molar-refractivity contribution in [1.82, 2.24) is 0 Å². The molecule has 0 saturated heterocycles. The minimum absolute atomic E-state index is 0.186. The van der Waals surface area contributed by atoms with Gasteiger partial charge in [-0.3, -0.25) is 4.31 Å². The molecule has 0 radical (unpaired) electrons. The number of nitriles is 1. The fourth-order valence-electron chi connectivity index (χ4n) is 2.47. The van der Waals surface area contributed by atoms with Crippen LogP contribution in [0.1, 0.15) is 11.1 Å². The molecular formula is C15H13N3O2S. The van der Waals surface area contributed by atoms with Gasteiger partial charge in [0.25, 0.3) is 10.0 Å². The first-order valence-corrected chi connectivity index (χ1v) is 7.88. The highest BCUT2D eigenvalue weighted by Crippen LogP contribution is 2.34. The average Bonchev–Trinajstić information content (AvgIpc) is 2.91. The molecule has 0 amide bonds. The van der Waals surface area contributed by atoms with Crippen LogP contribution in [0.2, 0.25) is 0 Å². The van der Waals surface area contributed by atoms with Gasteiger partial charge in [-0.25, -0.2) is 8.42 Å². The zero-order valence-corrected chi connectivity index (χ0v) is 12.0. The summed E-state index contributed by atoms with van der Waals surface area (Å²) in [5, 5.41) is 8.78. The smallest absolute Gasteiger partial charge is 0.264 e. The largest absolute Gasteiger partial charge is 0.399 e. The summed E-state index contributed by atoms with van der Waals surface area (Å²) < 4.78 is 26.8. The molecule has 106 valence electrons. The van der Waals surface area contributed by atoms with E-state index in [0.29, 0.717) is 29.9 Å². The minimum atomic E-state index is -3.61. The topological polar surface area (TPSA) is 87.2 Å². The fourth-order valence-corrected chi connectivity index (χ4v) is 3.97. The molecule has 1 aliphatic heterocycles. The van der Waals surface area contributed by atoms with Crippen molar-refractivity contribution >= 4 is 21.4 Å². The molecule has 0 atom stereocenters. The van der Waals surface area contributed by atoms with Crippen LogP contribution in [-0.2, 0) is 16.4 Å². The maximum Gasteiger partial charge on any atom is 0.264 e. The van der Waals surface area contributed by atoms with Crippen LogP contribution in [0.4, 0.5) is 11.4 Å². The number of rotatable bonds is 2. The third-order valence-electron chi connectivity index (χ3n) is 3.53. The van der Waals surface area contributed by atoms with Crippen molar-refractivity contribution in [2.24, 2.45) is 0 Å². The predicted molar refractivity (Wildman–Crippen MR) is 80.2 cm³/mol. The standard InChI is InChI=1S/C15H13N3O2S/c16-10-11-1-4-14(5-2-11)21(19,20)18-8-7-12-9-13(17)3-6-15(12)18/h1-6,9H,7-8,17H2. The highest BCUT2D eigenvalue weighted by Gasteiger charge is 2.30. The SMILES string of the molecule is N#Cc1ccc(S(=O)(=O)N2CCc3cc(N)ccc32)cc1. The zero-order valence-electron chi connectivity index (χ0n) is 11.2. The molecule has 2 N–H and O–H groups in total. The van der Waals surface area contributed by atoms with Crippen molar-refractivity contribution in [3.8, 4) is 6.07 Å². The van der Waals surface area contributed by atoms with E-state index in [9.17, 15) is 8.42 Å². The Morgan fingerprint density at radius 3 is 2.52 bits per heavy atom. The number of benzene rings is 2. The Balaban J connectivity index is 2.03. The van der Waals surface area contributed by atoms with E-state index in [4.69, 9.17) is 11.0 Å². The van der Waals surface area contributed by atoms with Crippen molar-refractivity contribution in [1.29, 1.82) is 5.26 Å². The van der Waals surface area contributed by atoms with Crippen LogP contribution in [0.15, 0.2) is 47.4 Å². The molecule has 0 bridgehead atoms. The van der Waals surface area contributed by atoms with Crippen molar-refractivity contribution in [3.05, 3.63) is 53.6 Å². The number of sulfonamides is 1. The summed E-state index contributed by atoms with van der Waals surface area (Å²) in [7, 11) is -3.61. The Hall–Kier alpha value is -2.52. The Morgan fingerprint density at radius 2 is 1.86 bits per heavy atom. The molecule has 0 spiro atoms. The van der Waals surface area contributed by atoms with Gasteiger partial charge in [0.05, 0.1) is 22.2 Å². The summed E-state index contributed by atoms with van der Waals surface area (Å²) in [6, 6.07) is 13.2. The maximum atomic E-state index is 12.7. The molecule has 0 aromatic heterocycles. The van der Waals surface area contributed by atoms with E-state index in [2.05, 4.69) is 0 Å². The summed E-state index contributed by atoms with van der Waals surface area (Å²) in [5.41, 5.74) is 8.41. The van der Waals surface area contributed by atoms with Crippen LogP contribution in [0, 0.1) is 11.3 Å². The summed E-state index contributed by atoms with van der Waals surface area (Å²) in [6.45, 7) is 0.404. The minimum Gasteiger partial charge on any atom is -0.399 e. The molecule has 1 heterocycles. The molecule has 21 heavy (non-hydrogen) atoms. The Labute approximate surface area is 123 Å². The van der Waals surface area contributed by atoms with E-state index in [0.717, 1.165) is 5.56 Å². The number of nitrogens with zero attached hydrogens (tertiary/aromatic N) is 2. The summed E-state index contributed by atoms with van der Waals surface area (Å²) in [6.07, 6.45) is 0.649. The van der Waals surface area contributed by atoms with Crippen molar-refractivity contribution in [3.63, 3.8) is 0 Å². The van der Waals surface area contributed by atoms with Crippen LogP contribution in [0.3, 0.4) is 0 Å². The molecule has 0 fully saturated rings. The van der Waals surface area contributed by atoms with E-state index in [1.807, 2.05) is 12.1 Å². The number of anilines is 2. The van der Waals surface area contributed by atoms with Gasteiger partial charge in [0.1, 0.15) is 0 Å². The van der Waals surface area contributed by atoms with Gasteiger partial charge in [0.15, 0.2) is 0 Å². The molecule has 6 heteroatoms. The van der Waals surface area contributed by atoms with E-state index >= 15 is 0 Å². The highest BCUT2D eigenvalue weighted by atomic mass is 32.2. The Morgan fingerprint density at radius 1 is 1.14 bits per heavy atom.